The maximum absolute atomic E-state index is 12.4. The van der Waals surface area contributed by atoms with Gasteiger partial charge in [-0.3, -0.25) is 0 Å². The van der Waals surface area contributed by atoms with Crippen LogP contribution in [0.15, 0.2) is 24.3 Å². The van der Waals surface area contributed by atoms with E-state index in [1.807, 2.05) is 24.3 Å². The molecule has 0 bridgehead atoms. The molecule has 1 fully saturated rings. The second kappa shape index (κ2) is 6.78. The van der Waals surface area contributed by atoms with Crippen LogP contribution in [-0.2, 0) is 16.6 Å². The van der Waals surface area contributed by atoms with Gasteiger partial charge in [-0.2, -0.15) is 4.31 Å². The van der Waals surface area contributed by atoms with Crippen molar-refractivity contribution in [3.05, 3.63) is 29.8 Å². The second-order valence-electron chi connectivity index (χ2n) is 4.95. The van der Waals surface area contributed by atoms with Crippen molar-refractivity contribution in [3.63, 3.8) is 0 Å². The zero-order chi connectivity index (χ0) is 14.6. The number of ether oxygens (including phenoxy) is 1. The van der Waals surface area contributed by atoms with Gasteiger partial charge in [0.1, 0.15) is 5.75 Å². The summed E-state index contributed by atoms with van der Waals surface area (Å²) in [6.07, 6.45) is 2.36. The summed E-state index contributed by atoms with van der Waals surface area (Å²) in [5, 5.41) is 0. The Kier molecular flexibility index (Phi) is 5.29. The molecular weight excluding hydrogens is 298 g/mol. The predicted octanol–water partition coefficient (Wildman–Crippen LogP) is 2.62. The highest BCUT2D eigenvalue weighted by molar-refractivity contribution is 7.89. The van der Waals surface area contributed by atoms with Gasteiger partial charge in [0.05, 0.1) is 12.9 Å². The number of hydrogen-bond donors (Lipinski definition) is 0. The van der Waals surface area contributed by atoms with Gasteiger partial charge in [0.25, 0.3) is 0 Å². The molecule has 0 radical (unpaired) electrons. The number of benzene rings is 1. The topological polar surface area (TPSA) is 46.6 Å². The van der Waals surface area contributed by atoms with Crippen molar-refractivity contribution in [1.29, 1.82) is 0 Å². The highest BCUT2D eigenvalue weighted by atomic mass is 35.5. The maximum atomic E-state index is 12.4. The van der Waals surface area contributed by atoms with Crippen molar-refractivity contribution < 1.29 is 13.2 Å². The molecule has 112 valence electrons. The molecule has 1 aromatic rings. The molecule has 1 aromatic carbocycles. The van der Waals surface area contributed by atoms with Crippen molar-refractivity contribution >= 4 is 21.6 Å². The Morgan fingerprint density at radius 3 is 2.65 bits per heavy atom. The number of para-hydroxylation sites is 1. The standard InChI is InChI=1S/C14H20ClNO3S/c1-19-14-6-3-2-5-12(14)11-16(13-7-8-13)20(17,18)10-4-9-15/h2-3,5-6,13H,4,7-11H2,1H3. The molecule has 6 heteroatoms. The van der Waals surface area contributed by atoms with Crippen LogP contribution >= 0.6 is 11.6 Å². The fourth-order valence-corrected chi connectivity index (χ4v) is 4.21. The van der Waals surface area contributed by atoms with Crippen molar-refractivity contribution in [2.75, 3.05) is 18.7 Å². The first-order valence-electron chi connectivity index (χ1n) is 6.76. The molecule has 0 atom stereocenters. The first kappa shape index (κ1) is 15.6. The highest BCUT2D eigenvalue weighted by Gasteiger charge is 2.37. The molecule has 0 saturated heterocycles. The van der Waals surface area contributed by atoms with E-state index in [-0.39, 0.29) is 11.8 Å². The quantitative estimate of drug-likeness (QED) is 0.692. The first-order chi connectivity index (χ1) is 9.58. The Hall–Kier alpha value is -0.780. The molecule has 0 amide bonds. The molecule has 0 N–H and O–H groups in total. The van der Waals surface area contributed by atoms with E-state index in [4.69, 9.17) is 16.3 Å². The molecule has 0 spiro atoms. The van der Waals surface area contributed by atoms with E-state index in [1.165, 1.54) is 0 Å². The van der Waals surface area contributed by atoms with Crippen molar-refractivity contribution in [1.82, 2.24) is 4.31 Å². The normalized spacial score (nSPS) is 15.6. The summed E-state index contributed by atoms with van der Waals surface area (Å²) < 4.78 is 31.7. The summed E-state index contributed by atoms with van der Waals surface area (Å²) in [7, 11) is -1.65. The van der Waals surface area contributed by atoms with E-state index < -0.39 is 10.0 Å². The average molecular weight is 318 g/mol. The van der Waals surface area contributed by atoms with Crippen LogP contribution in [0.2, 0.25) is 0 Å². The van der Waals surface area contributed by atoms with Gasteiger partial charge in [-0.15, -0.1) is 11.6 Å². The molecule has 0 aromatic heterocycles. The van der Waals surface area contributed by atoms with Gasteiger partial charge in [-0.25, -0.2) is 8.42 Å². The molecule has 0 unspecified atom stereocenters. The van der Waals surface area contributed by atoms with Crippen LogP contribution in [0.5, 0.6) is 5.75 Å². The monoisotopic (exact) mass is 317 g/mol. The van der Waals surface area contributed by atoms with Crippen molar-refractivity contribution in [2.24, 2.45) is 0 Å². The third-order valence-corrected chi connectivity index (χ3v) is 5.58. The molecule has 20 heavy (non-hydrogen) atoms. The lowest BCUT2D eigenvalue weighted by molar-refractivity contribution is 0.374. The van der Waals surface area contributed by atoms with Crippen LogP contribution in [0.1, 0.15) is 24.8 Å². The fourth-order valence-electron chi connectivity index (χ4n) is 2.17. The molecule has 0 heterocycles. The predicted molar refractivity (Wildman–Crippen MR) is 80.7 cm³/mol. The largest absolute Gasteiger partial charge is 0.496 e. The van der Waals surface area contributed by atoms with E-state index in [1.54, 1.807) is 11.4 Å². The van der Waals surface area contributed by atoms with E-state index >= 15 is 0 Å². The van der Waals surface area contributed by atoms with E-state index in [0.717, 1.165) is 24.2 Å². The molecule has 0 aliphatic heterocycles. The van der Waals surface area contributed by atoms with E-state index in [9.17, 15) is 8.42 Å². The molecule has 1 aliphatic rings. The Labute approximate surface area is 125 Å². The van der Waals surface area contributed by atoms with Gasteiger partial charge in [0.15, 0.2) is 0 Å². The van der Waals surface area contributed by atoms with Crippen LogP contribution in [0.25, 0.3) is 0 Å². The van der Waals surface area contributed by atoms with Crippen molar-refractivity contribution in [3.8, 4) is 5.75 Å². The summed E-state index contributed by atoms with van der Waals surface area (Å²) in [6.45, 7) is 0.374. The zero-order valence-electron chi connectivity index (χ0n) is 11.6. The summed E-state index contributed by atoms with van der Waals surface area (Å²) >= 11 is 5.61. The highest BCUT2D eigenvalue weighted by Crippen LogP contribution is 2.32. The lowest BCUT2D eigenvalue weighted by Gasteiger charge is -2.22. The third kappa shape index (κ3) is 3.87. The fraction of sp³-hybridized carbons (Fsp3) is 0.571. The molecule has 1 aliphatic carbocycles. The number of sulfonamides is 1. The summed E-state index contributed by atoms with van der Waals surface area (Å²) in [5.41, 5.74) is 0.899. The minimum absolute atomic E-state index is 0.113. The number of rotatable bonds is 8. The van der Waals surface area contributed by atoms with Crippen LogP contribution in [0, 0.1) is 0 Å². The van der Waals surface area contributed by atoms with E-state index in [2.05, 4.69) is 0 Å². The molecule has 1 saturated carbocycles. The molecule has 4 nitrogen and oxygen atoms in total. The van der Waals surface area contributed by atoms with Gasteiger partial charge in [-0.05, 0) is 25.3 Å². The van der Waals surface area contributed by atoms with Crippen LogP contribution in [0.4, 0.5) is 0 Å². The average Bonchev–Trinajstić information content (AvgIpc) is 3.27. The minimum Gasteiger partial charge on any atom is -0.496 e. The number of halogens is 1. The number of methoxy groups -OCH3 is 1. The van der Waals surface area contributed by atoms with Gasteiger partial charge in [0, 0.05) is 24.0 Å². The van der Waals surface area contributed by atoms with Gasteiger partial charge < -0.3 is 4.74 Å². The Morgan fingerprint density at radius 2 is 2.05 bits per heavy atom. The lowest BCUT2D eigenvalue weighted by atomic mass is 10.2. The summed E-state index contributed by atoms with van der Waals surface area (Å²) in [4.78, 5) is 0. The van der Waals surface area contributed by atoms with Crippen LogP contribution in [-0.4, -0.2) is 37.5 Å². The number of hydrogen-bond acceptors (Lipinski definition) is 3. The Morgan fingerprint density at radius 1 is 1.35 bits per heavy atom. The minimum atomic E-state index is -3.25. The van der Waals surface area contributed by atoms with E-state index in [0.29, 0.717) is 18.8 Å². The van der Waals surface area contributed by atoms with Crippen molar-refractivity contribution in [2.45, 2.75) is 31.8 Å². The van der Waals surface area contributed by atoms with Crippen LogP contribution in [0.3, 0.4) is 0 Å². The maximum Gasteiger partial charge on any atom is 0.214 e. The Bertz CT molecular complexity index is 543. The van der Waals surface area contributed by atoms with Crippen LogP contribution < -0.4 is 4.74 Å². The number of alkyl halides is 1. The first-order valence-corrected chi connectivity index (χ1v) is 8.90. The molecule has 2 rings (SSSR count). The van der Waals surface area contributed by atoms with Gasteiger partial charge in [-0.1, -0.05) is 18.2 Å². The Balaban J connectivity index is 2.18. The third-order valence-electron chi connectivity index (χ3n) is 3.37. The SMILES string of the molecule is COc1ccccc1CN(C1CC1)S(=O)(=O)CCCCl. The second-order valence-corrected chi connectivity index (χ2v) is 7.37. The summed E-state index contributed by atoms with van der Waals surface area (Å²) in [5.74, 6) is 1.21. The lowest BCUT2D eigenvalue weighted by Crippen LogP contribution is -2.34. The smallest absolute Gasteiger partial charge is 0.214 e. The van der Waals surface area contributed by atoms with Gasteiger partial charge in [0.2, 0.25) is 10.0 Å². The summed E-state index contributed by atoms with van der Waals surface area (Å²) in [6, 6.07) is 7.68. The molecular formula is C14H20ClNO3S. The number of nitrogens with zero attached hydrogens (tertiary/aromatic N) is 1. The van der Waals surface area contributed by atoms with Gasteiger partial charge >= 0.3 is 0 Å². The zero-order valence-corrected chi connectivity index (χ0v) is 13.2.